The van der Waals surface area contributed by atoms with E-state index < -0.39 is 10.0 Å². The van der Waals surface area contributed by atoms with Crippen molar-refractivity contribution in [2.24, 2.45) is 0 Å². The Morgan fingerprint density at radius 3 is 2.62 bits per heavy atom. The summed E-state index contributed by atoms with van der Waals surface area (Å²) in [5.41, 5.74) is 8.68. The normalized spacial score (nSPS) is 19.6. The molecule has 7 nitrogen and oxygen atoms in total. The number of sulfonamides is 1. The SMILES string of the molecule is O=C1Nc2ccc(S(=O)(=O)N3CCc4ccccc43)cc2C1=Cc1[nH]c2c(c1CCCN1CCCC1)CCCC2. The molecule has 0 unspecified atom stereocenters. The first-order valence-corrected chi connectivity index (χ1v) is 16.2. The molecule has 0 radical (unpaired) electrons. The number of rotatable bonds is 7. The molecule has 2 N–H and O–H groups in total. The summed E-state index contributed by atoms with van der Waals surface area (Å²) in [5, 5.41) is 2.96. The number of anilines is 2. The van der Waals surface area contributed by atoms with Crippen molar-refractivity contribution in [3.05, 3.63) is 76.1 Å². The third-order valence-corrected chi connectivity index (χ3v) is 10.8. The number of carbonyl (C=O) groups excluding carboxylic acids is 1. The molecule has 1 amide bonds. The minimum absolute atomic E-state index is 0.188. The van der Waals surface area contributed by atoms with E-state index in [9.17, 15) is 13.2 Å². The number of aromatic amines is 1. The fourth-order valence-corrected chi connectivity index (χ4v) is 8.50. The van der Waals surface area contributed by atoms with Gasteiger partial charge in [0, 0.05) is 29.2 Å². The largest absolute Gasteiger partial charge is 0.358 e. The quantitative estimate of drug-likeness (QED) is 0.394. The fraction of sp³-hybridized carbons (Fsp3) is 0.406. The molecule has 1 aromatic heterocycles. The number of hydrogen-bond donors (Lipinski definition) is 2. The molecule has 2 aromatic carbocycles. The Labute approximate surface area is 236 Å². The van der Waals surface area contributed by atoms with Crippen LogP contribution in [0.5, 0.6) is 0 Å². The summed E-state index contributed by atoms with van der Waals surface area (Å²) in [6, 6.07) is 12.7. The molecule has 208 valence electrons. The van der Waals surface area contributed by atoms with Gasteiger partial charge >= 0.3 is 0 Å². The summed E-state index contributed by atoms with van der Waals surface area (Å²) in [5.74, 6) is -0.188. The summed E-state index contributed by atoms with van der Waals surface area (Å²) in [6.45, 7) is 3.94. The maximum Gasteiger partial charge on any atom is 0.264 e. The van der Waals surface area contributed by atoms with Crippen molar-refractivity contribution in [1.82, 2.24) is 9.88 Å². The Morgan fingerprint density at radius 2 is 1.75 bits per heavy atom. The number of carbonyl (C=O) groups is 1. The van der Waals surface area contributed by atoms with Gasteiger partial charge in [0.25, 0.3) is 15.9 Å². The van der Waals surface area contributed by atoms with E-state index >= 15 is 0 Å². The summed E-state index contributed by atoms with van der Waals surface area (Å²) in [7, 11) is -3.76. The minimum Gasteiger partial charge on any atom is -0.358 e. The van der Waals surface area contributed by atoms with Gasteiger partial charge in [-0.1, -0.05) is 18.2 Å². The predicted molar refractivity (Wildman–Crippen MR) is 159 cm³/mol. The molecule has 1 aliphatic carbocycles. The molecule has 0 saturated carbocycles. The molecule has 8 heteroatoms. The number of nitrogens with zero attached hydrogens (tertiary/aromatic N) is 2. The van der Waals surface area contributed by atoms with E-state index in [1.165, 1.54) is 59.9 Å². The molecular weight excluding hydrogens is 520 g/mol. The molecule has 40 heavy (non-hydrogen) atoms. The van der Waals surface area contributed by atoms with Crippen molar-refractivity contribution >= 4 is 39.0 Å². The Hall–Kier alpha value is -3.36. The van der Waals surface area contributed by atoms with Gasteiger partial charge in [0.2, 0.25) is 0 Å². The maximum absolute atomic E-state index is 13.7. The van der Waals surface area contributed by atoms with Gasteiger partial charge in [0.05, 0.1) is 16.2 Å². The van der Waals surface area contributed by atoms with Crippen LogP contribution in [0.2, 0.25) is 0 Å². The van der Waals surface area contributed by atoms with E-state index in [1.54, 1.807) is 18.2 Å². The van der Waals surface area contributed by atoms with E-state index in [2.05, 4.69) is 15.2 Å². The number of fused-ring (bicyclic) bond motifs is 3. The monoisotopic (exact) mass is 556 g/mol. The number of likely N-dealkylation sites (tertiary alicyclic amines) is 1. The van der Waals surface area contributed by atoms with Gasteiger partial charge < -0.3 is 15.2 Å². The first kappa shape index (κ1) is 25.6. The van der Waals surface area contributed by atoms with E-state index in [1.807, 2.05) is 30.3 Å². The lowest BCUT2D eigenvalue weighted by Gasteiger charge is -2.20. The van der Waals surface area contributed by atoms with Crippen LogP contribution in [0.4, 0.5) is 11.4 Å². The second-order valence-electron chi connectivity index (χ2n) is 11.5. The molecule has 3 aliphatic heterocycles. The van der Waals surface area contributed by atoms with Gasteiger partial charge in [-0.2, -0.15) is 0 Å². The van der Waals surface area contributed by atoms with Crippen LogP contribution < -0.4 is 9.62 Å². The summed E-state index contributed by atoms with van der Waals surface area (Å²) in [4.78, 5) is 19.6. The van der Waals surface area contributed by atoms with Gasteiger partial charge in [0.1, 0.15) is 0 Å². The molecule has 0 bridgehead atoms. The van der Waals surface area contributed by atoms with Crippen molar-refractivity contribution in [3.63, 3.8) is 0 Å². The van der Waals surface area contributed by atoms with E-state index in [0.29, 0.717) is 29.8 Å². The lowest BCUT2D eigenvalue weighted by molar-refractivity contribution is -0.110. The van der Waals surface area contributed by atoms with E-state index in [0.717, 1.165) is 49.2 Å². The second-order valence-corrected chi connectivity index (χ2v) is 13.4. The van der Waals surface area contributed by atoms with Gasteiger partial charge in [0.15, 0.2) is 0 Å². The van der Waals surface area contributed by atoms with Crippen LogP contribution >= 0.6 is 0 Å². The summed E-state index contributed by atoms with van der Waals surface area (Å²) >= 11 is 0. The standard InChI is InChI=1S/C32H36N4O3S/c37-32-27(21-30-25(10-7-18-35-16-5-6-17-35)24-9-2-3-11-28(24)33-30)26-20-23(13-14-29(26)34-32)40(38,39)36-19-15-22-8-1-4-12-31(22)36/h1,4,8,12-14,20-21,33H,2-3,5-7,9-11,15-19H2,(H,34,37). The zero-order valence-corrected chi connectivity index (χ0v) is 23.7. The Bertz CT molecular complexity index is 1610. The number of aromatic nitrogens is 1. The second kappa shape index (κ2) is 10.2. The van der Waals surface area contributed by atoms with Gasteiger partial charge in [-0.15, -0.1) is 0 Å². The van der Waals surface area contributed by atoms with Crippen molar-refractivity contribution < 1.29 is 13.2 Å². The number of H-pyrrole nitrogens is 1. The average Bonchev–Trinajstić information content (AvgIpc) is 3.75. The van der Waals surface area contributed by atoms with Crippen molar-refractivity contribution in [3.8, 4) is 0 Å². The Kier molecular flexibility index (Phi) is 6.55. The number of aryl methyl sites for hydroxylation is 1. The molecule has 4 heterocycles. The molecule has 1 fully saturated rings. The van der Waals surface area contributed by atoms with Crippen LogP contribution in [-0.2, 0) is 40.5 Å². The third-order valence-electron chi connectivity index (χ3n) is 9.04. The zero-order valence-electron chi connectivity index (χ0n) is 22.8. The van der Waals surface area contributed by atoms with E-state index in [4.69, 9.17) is 0 Å². The predicted octanol–water partition coefficient (Wildman–Crippen LogP) is 5.17. The topological polar surface area (TPSA) is 85.5 Å². The molecule has 7 rings (SSSR count). The molecule has 1 saturated heterocycles. The fourth-order valence-electron chi connectivity index (χ4n) is 6.97. The number of hydrogen-bond acceptors (Lipinski definition) is 4. The zero-order chi connectivity index (χ0) is 27.3. The van der Waals surface area contributed by atoms with Crippen molar-refractivity contribution in [2.75, 3.05) is 35.8 Å². The van der Waals surface area contributed by atoms with Crippen LogP contribution in [0.1, 0.15) is 65.7 Å². The highest BCUT2D eigenvalue weighted by molar-refractivity contribution is 7.92. The smallest absolute Gasteiger partial charge is 0.264 e. The minimum atomic E-state index is -3.76. The molecule has 4 aliphatic rings. The lowest BCUT2D eigenvalue weighted by atomic mass is 9.92. The number of nitrogens with one attached hydrogen (secondary N) is 2. The van der Waals surface area contributed by atoms with Crippen molar-refractivity contribution in [2.45, 2.75) is 62.7 Å². The highest BCUT2D eigenvalue weighted by Crippen LogP contribution is 2.39. The molecular formula is C32H36N4O3S. The maximum atomic E-state index is 13.7. The number of para-hydroxylation sites is 1. The molecule has 3 aromatic rings. The van der Waals surface area contributed by atoms with Gasteiger partial charge in [-0.25, -0.2) is 8.42 Å². The summed E-state index contributed by atoms with van der Waals surface area (Å²) in [6.07, 6.45) is 11.8. The Balaban J connectivity index is 1.22. The van der Waals surface area contributed by atoms with Gasteiger partial charge in [-0.3, -0.25) is 9.10 Å². The van der Waals surface area contributed by atoms with Crippen LogP contribution in [0, 0.1) is 0 Å². The first-order valence-electron chi connectivity index (χ1n) is 14.7. The third kappa shape index (κ3) is 4.47. The molecule has 0 atom stereocenters. The number of amides is 1. The van der Waals surface area contributed by atoms with Crippen LogP contribution in [0.3, 0.4) is 0 Å². The van der Waals surface area contributed by atoms with Crippen LogP contribution in [-0.4, -0.2) is 50.4 Å². The highest BCUT2D eigenvalue weighted by atomic mass is 32.2. The van der Waals surface area contributed by atoms with E-state index in [-0.39, 0.29) is 10.8 Å². The summed E-state index contributed by atoms with van der Waals surface area (Å²) < 4.78 is 29.0. The van der Waals surface area contributed by atoms with Crippen molar-refractivity contribution in [1.29, 1.82) is 0 Å². The molecule has 0 spiro atoms. The van der Waals surface area contributed by atoms with Gasteiger partial charge in [-0.05, 0) is 124 Å². The van der Waals surface area contributed by atoms with Crippen LogP contribution in [0.15, 0.2) is 47.4 Å². The number of benzene rings is 2. The van der Waals surface area contributed by atoms with Crippen LogP contribution in [0.25, 0.3) is 11.6 Å². The average molecular weight is 557 g/mol. The lowest BCUT2D eigenvalue weighted by Crippen LogP contribution is -2.29. The first-order chi connectivity index (χ1) is 19.5. The Morgan fingerprint density at radius 1 is 0.925 bits per heavy atom. The highest BCUT2D eigenvalue weighted by Gasteiger charge is 2.33.